The molecule has 1 fully saturated rings. The molecule has 2 heterocycles. The minimum absolute atomic E-state index is 0.575. The highest BCUT2D eigenvalue weighted by Crippen LogP contribution is 2.30. The number of nitrogens with zero attached hydrogens (tertiary/aromatic N) is 1. The van der Waals surface area contributed by atoms with Gasteiger partial charge in [-0.05, 0) is 48.6 Å². The maximum Gasteiger partial charge on any atom is 0.0594 e. The zero-order valence-electron chi connectivity index (χ0n) is 12.1. The molecule has 3 rings (SSSR count). The molecule has 4 heteroatoms. The molecule has 1 aromatic heterocycles. The Morgan fingerprint density at radius 3 is 2.76 bits per heavy atom. The predicted octanol–water partition coefficient (Wildman–Crippen LogP) is 3.17. The largest absolute Gasteiger partial charge is 0.397 e. The second-order valence-corrected chi connectivity index (χ2v) is 5.41. The standard InChI is InChI=1S/C17H21N3O/c18-16-11-14(13-6-9-21-10-7-13)4-5-17(16)20-12-15-3-1-2-8-19-15/h1-5,8,11,13,20H,6-7,9-10,12,18H2. The van der Waals surface area contributed by atoms with Gasteiger partial charge in [-0.25, -0.2) is 0 Å². The lowest BCUT2D eigenvalue weighted by Crippen LogP contribution is -2.14. The monoisotopic (exact) mass is 283 g/mol. The van der Waals surface area contributed by atoms with Gasteiger partial charge in [-0.1, -0.05) is 12.1 Å². The second kappa shape index (κ2) is 6.59. The third kappa shape index (κ3) is 3.52. The molecule has 2 aromatic rings. The zero-order chi connectivity index (χ0) is 14.5. The van der Waals surface area contributed by atoms with Gasteiger partial charge in [-0.2, -0.15) is 0 Å². The van der Waals surface area contributed by atoms with Gasteiger partial charge in [0.15, 0.2) is 0 Å². The van der Waals surface area contributed by atoms with Crippen molar-refractivity contribution >= 4 is 11.4 Å². The Bertz CT molecular complexity index is 580. The summed E-state index contributed by atoms with van der Waals surface area (Å²) in [7, 11) is 0. The molecule has 0 radical (unpaired) electrons. The van der Waals surface area contributed by atoms with Gasteiger partial charge in [0.25, 0.3) is 0 Å². The molecular weight excluding hydrogens is 262 g/mol. The number of hydrogen-bond acceptors (Lipinski definition) is 4. The van der Waals surface area contributed by atoms with Crippen molar-refractivity contribution in [1.29, 1.82) is 0 Å². The summed E-state index contributed by atoms with van der Waals surface area (Å²) in [6.07, 6.45) is 3.97. The maximum absolute atomic E-state index is 6.18. The SMILES string of the molecule is Nc1cc(C2CCOCC2)ccc1NCc1ccccn1. The number of pyridine rings is 1. The molecule has 4 nitrogen and oxygen atoms in total. The molecule has 21 heavy (non-hydrogen) atoms. The molecule has 0 amide bonds. The van der Waals surface area contributed by atoms with Gasteiger partial charge >= 0.3 is 0 Å². The number of aromatic nitrogens is 1. The van der Waals surface area contributed by atoms with Crippen LogP contribution in [0.5, 0.6) is 0 Å². The van der Waals surface area contributed by atoms with Gasteiger partial charge < -0.3 is 15.8 Å². The molecule has 110 valence electrons. The van der Waals surface area contributed by atoms with Crippen LogP contribution in [0.15, 0.2) is 42.6 Å². The molecule has 3 N–H and O–H groups in total. The molecular formula is C17H21N3O. The fourth-order valence-electron chi connectivity index (χ4n) is 2.72. The number of nitrogen functional groups attached to an aromatic ring is 1. The van der Waals surface area contributed by atoms with Crippen LogP contribution in [0.3, 0.4) is 0 Å². The third-order valence-electron chi connectivity index (χ3n) is 3.95. The van der Waals surface area contributed by atoms with E-state index in [-0.39, 0.29) is 0 Å². The van der Waals surface area contributed by atoms with E-state index in [0.717, 1.165) is 43.1 Å². The number of hydrogen-bond donors (Lipinski definition) is 2. The molecule has 1 aromatic carbocycles. The molecule has 0 saturated carbocycles. The van der Waals surface area contributed by atoms with Crippen LogP contribution in [-0.4, -0.2) is 18.2 Å². The van der Waals surface area contributed by atoms with E-state index in [0.29, 0.717) is 12.5 Å². The van der Waals surface area contributed by atoms with E-state index >= 15 is 0 Å². The lowest BCUT2D eigenvalue weighted by atomic mass is 9.91. The highest BCUT2D eigenvalue weighted by atomic mass is 16.5. The van der Waals surface area contributed by atoms with E-state index in [1.807, 2.05) is 18.2 Å². The van der Waals surface area contributed by atoms with E-state index in [2.05, 4.69) is 28.5 Å². The predicted molar refractivity (Wildman–Crippen MR) is 85.2 cm³/mol. The Morgan fingerprint density at radius 2 is 2.05 bits per heavy atom. The first-order chi connectivity index (χ1) is 10.3. The number of anilines is 2. The average Bonchev–Trinajstić information content (AvgIpc) is 2.55. The van der Waals surface area contributed by atoms with Gasteiger partial charge in [0.2, 0.25) is 0 Å². The normalized spacial score (nSPS) is 15.8. The molecule has 1 aliphatic rings. The molecule has 0 unspecified atom stereocenters. The lowest BCUT2D eigenvalue weighted by Gasteiger charge is -2.23. The smallest absolute Gasteiger partial charge is 0.0594 e. The molecule has 0 bridgehead atoms. The van der Waals surface area contributed by atoms with Crippen molar-refractivity contribution in [3.63, 3.8) is 0 Å². The van der Waals surface area contributed by atoms with E-state index in [1.54, 1.807) is 6.20 Å². The van der Waals surface area contributed by atoms with Gasteiger partial charge in [0.1, 0.15) is 0 Å². The fraction of sp³-hybridized carbons (Fsp3) is 0.353. The first kappa shape index (κ1) is 13.9. The van der Waals surface area contributed by atoms with Crippen LogP contribution in [0.1, 0.15) is 30.0 Å². The second-order valence-electron chi connectivity index (χ2n) is 5.41. The highest BCUT2D eigenvalue weighted by Gasteiger charge is 2.16. The Hall–Kier alpha value is -2.07. The topological polar surface area (TPSA) is 60.2 Å². The van der Waals surface area contributed by atoms with Crippen molar-refractivity contribution in [2.45, 2.75) is 25.3 Å². The highest BCUT2D eigenvalue weighted by molar-refractivity contribution is 5.67. The number of nitrogens with one attached hydrogen (secondary N) is 1. The van der Waals surface area contributed by atoms with Crippen molar-refractivity contribution < 1.29 is 4.74 Å². The van der Waals surface area contributed by atoms with Gasteiger partial charge in [-0.3, -0.25) is 4.98 Å². The number of benzene rings is 1. The van der Waals surface area contributed by atoms with Crippen LogP contribution in [-0.2, 0) is 11.3 Å². The van der Waals surface area contributed by atoms with Crippen molar-refractivity contribution in [2.75, 3.05) is 24.3 Å². The van der Waals surface area contributed by atoms with E-state index < -0.39 is 0 Å². The van der Waals surface area contributed by atoms with Crippen molar-refractivity contribution in [2.24, 2.45) is 0 Å². The summed E-state index contributed by atoms with van der Waals surface area (Å²) in [6, 6.07) is 12.2. The van der Waals surface area contributed by atoms with Gasteiger partial charge in [0, 0.05) is 19.4 Å². The van der Waals surface area contributed by atoms with Gasteiger partial charge in [-0.15, -0.1) is 0 Å². The van der Waals surface area contributed by atoms with Crippen LogP contribution in [0, 0.1) is 0 Å². The average molecular weight is 283 g/mol. The first-order valence-corrected chi connectivity index (χ1v) is 7.44. The first-order valence-electron chi connectivity index (χ1n) is 7.44. The Labute approximate surface area is 125 Å². The molecule has 0 spiro atoms. The van der Waals surface area contributed by atoms with E-state index in [4.69, 9.17) is 10.5 Å². The minimum atomic E-state index is 0.575. The zero-order valence-corrected chi connectivity index (χ0v) is 12.1. The van der Waals surface area contributed by atoms with E-state index in [1.165, 1.54) is 5.56 Å². The molecule has 0 atom stereocenters. The number of rotatable bonds is 4. The summed E-state index contributed by atoms with van der Waals surface area (Å²) >= 11 is 0. The third-order valence-corrected chi connectivity index (χ3v) is 3.95. The van der Waals surface area contributed by atoms with Crippen molar-refractivity contribution in [3.05, 3.63) is 53.9 Å². The van der Waals surface area contributed by atoms with Crippen LogP contribution in [0.2, 0.25) is 0 Å². The Morgan fingerprint density at radius 1 is 1.19 bits per heavy atom. The minimum Gasteiger partial charge on any atom is -0.397 e. The number of ether oxygens (including phenoxy) is 1. The Kier molecular flexibility index (Phi) is 4.36. The summed E-state index contributed by atoms with van der Waals surface area (Å²) in [6.45, 7) is 2.39. The van der Waals surface area contributed by atoms with Crippen LogP contribution < -0.4 is 11.1 Å². The summed E-state index contributed by atoms with van der Waals surface area (Å²) in [5.41, 5.74) is 10.3. The van der Waals surface area contributed by atoms with Crippen LogP contribution in [0.25, 0.3) is 0 Å². The molecule has 1 aliphatic heterocycles. The van der Waals surface area contributed by atoms with Crippen molar-refractivity contribution in [1.82, 2.24) is 4.98 Å². The summed E-state index contributed by atoms with van der Waals surface area (Å²) < 4.78 is 5.41. The summed E-state index contributed by atoms with van der Waals surface area (Å²) in [4.78, 5) is 4.30. The fourth-order valence-corrected chi connectivity index (χ4v) is 2.72. The lowest BCUT2D eigenvalue weighted by molar-refractivity contribution is 0.0853. The molecule has 0 aliphatic carbocycles. The number of nitrogens with two attached hydrogens (primary N) is 1. The van der Waals surface area contributed by atoms with Crippen LogP contribution in [0.4, 0.5) is 11.4 Å². The maximum atomic E-state index is 6.18. The van der Waals surface area contributed by atoms with E-state index in [9.17, 15) is 0 Å². The van der Waals surface area contributed by atoms with Crippen molar-refractivity contribution in [3.8, 4) is 0 Å². The summed E-state index contributed by atoms with van der Waals surface area (Å²) in [5, 5.41) is 3.35. The van der Waals surface area contributed by atoms with Crippen LogP contribution >= 0.6 is 0 Å². The summed E-state index contributed by atoms with van der Waals surface area (Å²) in [5.74, 6) is 0.575. The molecule has 1 saturated heterocycles. The Balaban J connectivity index is 1.66. The van der Waals surface area contributed by atoms with Gasteiger partial charge in [0.05, 0.1) is 23.6 Å². The quantitative estimate of drug-likeness (QED) is 0.846.